The van der Waals surface area contributed by atoms with Crippen molar-refractivity contribution in [3.63, 3.8) is 0 Å². The highest BCUT2D eigenvalue weighted by Gasteiger charge is 2.19. The minimum absolute atomic E-state index is 0.166. The van der Waals surface area contributed by atoms with E-state index in [9.17, 15) is 4.79 Å². The van der Waals surface area contributed by atoms with Gasteiger partial charge in [0.2, 0.25) is 0 Å². The summed E-state index contributed by atoms with van der Waals surface area (Å²) in [6.07, 6.45) is 8.92. The molecule has 1 aliphatic heterocycles. The van der Waals surface area contributed by atoms with Crippen molar-refractivity contribution in [2.24, 2.45) is 4.99 Å². The highest BCUT2D eigenvalue weighted by molar-refractivity contribution is 7.12. The summed E-state index contributed by atoms with van der Waals surface area (Å²) in [4.78, 5) is 18.1. The molecule has 4 nitrogen and oxygen atoms in total. The summed E-state index contributed by atoms with van der Waals surface area (Å²) in [6, 6.07) is 9.44. The summed E-state index contributed by atoms with van der Waals surface area (Å²) < 4.78 is 0.877. The molecule has 1 aliphatic carbocycles. The molecule has 0 fully saturated rings. The van der Waals surface area contributed by atoms with Gasteiger partial charge in [0.05, 0.1) is 5.69 Å². The van der Waals surface area contributed by atoms with E-state index in [1.165, 1.54) is 41.9 Å². The second-order valence-corrected chi connectivity index (χ2v) is 7.51. The topological polar surface area (TPSA) is 67.5 Å². The van der Waals surface area contributed by atoms with Crippen molar-refractivity contribution in [2.75, 3.05) is 11.1 Å². The number of amides is 1. The first-order chi connectivity index (χ1) is 12.2. The minimum Gasteiger partial charge on any atom is -0.397 e. The van der Waals surface area contributed by atoms with Crippen molar-refractivity contribution in [1.82, 2.24) is 0 Å². The van der Waals surface area contributed by atoms with Crippen LogP contribution in [0, 0.1) is 0 Å². The van der Waals surface area contributed by atoms with E-state index < -0.39 is 0 Å². The summed E-state index contributed by atoms with van der Waals surface area (Å²) in [6.45, 7) is 0. The lowest BCUT2D eigenvalue weighted by Gasteiger charge is -2.05. The normalized spacial score (nSPS) is 16.6. The molecule has 1 aromatic carbocycles. The Labute approximate surface area is 150 Å². The van der Waals surface area contributed by atoms with Gasteiger partial charge in [-0.15, -0.1) is 11.3 Å². The summed E-state index contributed by atoms with van der Waals surface area (Å²) in [5.41, 5.74) is 10.3. The Balaban J connectivity index is 1.71. The van der Waals surface area contributed by atoms with Crippen LogP contribution >= 0.6 is 11.3 Å². The van der Waals surface area contributed by atoms with Gasteiger partial charge in [0.15, 0.2) is 0 Å². The number of nitrogens with zero attached hydrogens (tertiary/aromatic N) is 1. The van der Waals surface area contributed by atoms with E-state index in [1.54, 1.807) is 0 Å². The lowest BCUT2D eigenvalue weighted by molar-refractivity contribution is 0.103. The molecule has 25 heavy (non-hydrogen) atoms. The number of nitrogens with two attached hydrogens (primary N) is 1. The van der Waals surface area contributed by atoms with Crippen LogP contribution in [0.1, 0.15) is 48.2 Å². The predicted octanol–water partition coefficient (Wildman–Crippen LogP) is 3.60. The fourth-order valence-electron chi connectivity index (χ4n) is 3.43. The van der Waals surface area contributed by atoms with Gasteiger partial charge in [-0.25, -0.2) is 4.99 Å². The van der Waals surface area contributed by atoms with Crippen molar-refractivity contribution in [2.45, 2.75) is 38.5 Å². The van der Waals surface area contributed by atoms with E-state index in [1.807, 2.05) is 30.3 Å². The van der Waals surface area contributed by atoms with Gasteiger partial charge in [0.1, 0.15) is 9.55 Å². The van der Waals surface area contributed by atoms with Crippen LogP contribution in [0.4, 0.5) is 11.4 Å². The van der Waals surface area contributed by atoms with Crippen LogP contribution in [0.25, 0.3) is 6.08 Å². The Morgan fingerprint density at radius 1 is 1.12 bits per heavy atom. The van der Waals surface area contributed by atoms with Crippen LogP contribution in [-0.4, -0.2) is 5.91 Å². The molecule has 3 N–H and O–H groups in total. The first-order valence-corrected chi connectivity index (χ1v) is 9.58. The van der Waals surface area contributed by atoms with E-state index in [0.717, 1.165) is 34.8 Å². The van der Waals surface area contributed by atoms with Crippen LogP contribution in [0.5, 0.6) is 0 Å². The SMILES string of the molecule is Nc1c(C(=O)Nc2ccccc2)sc2c1=CCC1=C(CCCCC1)N=2. The van der Waals surface area contributed by atoms with Gasteiger partial charge in [0.25, 0.3) is 5.91 Å². The molecule has 0 unspecified atom stereocenters. The maximum absolute atomic E-state index is 12.6. The molecule has 4 rings (SSSR count). The summed E-state index contributed by atoms with van der Waals surface area (Å²) >= 11 is 1.40. The molecule has 5 heteroatoms. The van der Waals surface area contributed by atoms with Crippen molar-refractivity contribution >= 4 is 34.7 Å². The molecule has 2 heterocycles. The van der Waals surface area contributed by atoms with Crippen molar-refractivity contribution in [3.05, 3.63) is 56.4 Å². The number of hydrogen-bond donors (Lipinski definition) is 2. The number of hydrogen-bond acceptors (Lipinski definition) is 4. The first kappa shape index (κ1) is 16.1. The molecule has 0 bridgehead atoms. The zero-order valence-corrected chi connectivity index (χ0v) is 14.9. The van der Waals surface area contributed by atoms with Gasteiger partial charge >= 0.3 is 0 Å². The van der Waals surface area contributed by atoms with Gasteiger partial charge < -0.3 is 11.1 Å². The van der Waals surface area contributed by atoms with Crippen LogP contribution in [0.15, 0.2) is 46.6 Å². The molecule has 0 saturated carbocycles. The summed E-state index contributed by atoms with van der Waals surface area (Å²) in [5, 5.41) is 3.84. The fourth-order valence-corrected chi connectivity index (χ4v) is 4.45. The number of anilines is 2. The highest BCUT2D eigenvalue weighted by atomic mass is 32.1. The smallest absolute Gasteiger partial charge is 0.267 e. The highest BCUT2D eigenvalue weighted by Crippen LogP contribution is 2.28. The number of para-hydroxylation sites is 1. The third-order valence-electron chi connectivity index (χ3n) is 4.79. The van der Waals surface area contributed by atoms with Gasteiger partial charge in [-0.1, -0.05) is 30.7 Å². The quantitative estimate of drug-likeness (QED) is 0.868. The van der Waals surface area contributed by atoms with E-state index >= 15 is 0 Å². The minimum atomic E-state index is -0.166. The zero-order valence-electron chi connectivity index (χ0n) is 14.0. The largest absolute Gasteiger partial charge is 0.397 e. The van der Waals surface area contributed by atoms with Gasteiger partial charge in [-0.05, 0) is 49.8 Å². The lowest BCUT2D eigenvalue weighted by Crippen LogP contribution is -2.21. The van der Waals surface area contributed by atoms with Gasteiger partial charge in [-0.2, -0.15) is 0 Å². The number of fused-ring (bicyclic) bond motifs is 1. The monoisotopic (exact) mass is 351 g/mol. The molecule has 0 atom stereocenters. The molecule has 1 aromatic heterocycles. The third kappa shape index (κ3) is 3.24. The molecule has 128 valence electrons. The number of allylic oxidation sites excluding steroid dienone is 2. The lowest BCUT2D eigenvalue weighted by atomic mass is 10.1. The predicted molar refractivity (Wildman–Crippen MR) is 103 cm³/mol. The van der Waals surface area contributed by atoms with E-state index in [4.69, 9.17) is 10.7 Å². The Bertz CT molecular complexity index is 957. The van der Waals surface area contributed by atoms with Gasteiger partial charge in [0, 0.05) is 16.6 Å². The summed E-state index contributed by atoms with van der Waals surface area (Å²) in [7, 11) is 0. The van der Waals surface area contributed by atoms with Gasteiger partial charge in [-0.3, -0.25) is 4.79 Å². The number of carbonyl (C=O) groups excluding carboxylic acids is 1. The van der Waals surface area contributed by atoms with Crippen molar-refractivity contribution in [3.8, 4) is 0 Å². The maximum Gasteiger partial charge on any atom is 0.267 e. The van der Waals surface area contributed by atoms with Crippen LogP contribution in [-0.2, 0) is 0 Å². The molecule has 0 radical (unpaired) electrons. The number of thiophene rings is 1. The Kier molecular flexibility index (Phi) is 4.40. The standard InChI is InChI=1S/C20H21N3OS/c21-17-15-12-11-13-7-3-1-6-10-16(13)23-20(15)25-18(17)19(24)22-14-8-4-2-5-9-14/h2,4-5,8-9,12H,1,3,6-7,10-11,21H2,(H,22,24). The molecule has 2 aliphatic rings. The number of benzene rings is 1. The Morgan fingerprint density at radius 2 is 1.92 bits per heavy atom. The first-order valence-electron chi connectivity index (χ1n) is 8.77. The molecule has 2 aromatic rings. The number of nitrogens with one attached hydrogen (secondary N) is 1. The number of rotatable bonds is 2. The zero-order chi connectivity index (χ0) is 17.2. The average molecular weight is 351 g/mol. The number of carbonyl (C=O) groups is 1. The van der Waals surface area contributed by atoms with Crippen LogP contribution in [0.3, 0.4) is 0 Å². The molecule has 0 spiro atoms. The van der Waals surface area contributed by atoms with Crippen LogP contribution in [0.2, 0.25) is 0 Å². The van der Waals surface area contributed by atoms with Crippen molar-refractivity contribution < 1.29 is 4.79 Å². The molecule has 1 amide bonds. The van der Waals surface area contributed by atoms with E-state index in [2.05, 4.69) is 11.4 Å². The Morgan fingerprint density at radius 3 is 2.76 bits per heavy atom. The second kappa shape index (κ2) is 6.84. The molecular formula is C20H21N3OS. The van der Waals surface area contributed by atoms with E-state index in [0.29, 0.717) is 10.6 Å². The van der Waals surface area contributed by atoms with E-state index in [-0.39, 0.29) is 5.91 Å². The van der Waals surface area contributed by atoms with Crippen molar-refractivity contribution in [1.29, 1.82) is 0 Å². The average Bonchev–Trinajstić information content (AvgIpc) is 2.77. The number of nitrogen functional groups attached to an aromatic ring is 1. The second-order valence-electron chi connectivity index (χ2n) is 6.51. The van der Waals surface area contributed by atoms with Crippen LogP contribution < -0.4 is 20.9 Å². The fraction of sp³-hybridized carbons (Fsp3) is 0.300. The maximum atomic E-state index is 12.6. The Hall–Kier alpha value is -2.40. The molecular weight excluding hydrogens is 330 g/mol. The summed E-state index contributed by atoms with van der Waals surface area (Å²) in [5.74, 6) is -0.166. The third-order valence-corrected chi connectivity index (χ3v) is 5.91. The molecule has 0 saturated heterocycles.